The second-order valence-electron chi connectivity index (χ2n) is 2.90. The predicted octanol–water partition coefficient (Wildman–Crippen LogP) is -1.08. The van der Waals surface area contributed by atoms with E-state index in [0.717, 1.165) is 6.26 Å². The molecule has 0 fully saturated rings. The Kier molecular flexibility index (Phi) is 4.94. The number of carbonyl (C=O) groups excluding carboxylic acids is 1. The molecule has 1 amide bonds. The Bertz CT molecular complexity index is 260. The van der Waals surface area contributed by atoms with Crippen LogP contribution < -0.4 is 5.32 Å². The van der Waals surface area contributed by atoms with Crippen LogP contribution in [-0.4, -0.2) is 44.1 Å². The van der Waals surface area contributed by atoms with Gasteiger partial charge in [-0.2, -0.15) is 0 Å². The van der Waals surface area contributed by atoms with Crippen molar-refractivity contribution in [1.29, 1.82) is 0 Å². The van der Waals surface area contributed by atoms with E-state index in [1.165, 1.54) is 0 Å². The van der Waals surface area contributed by atoms with Gasteiger partial charge in [0.2, 0.25) is 5.91 Å². The van der Waals surface area contributed by atoms with Crippen LogP contribution in [0.2, 0.25) is 0 Å². The highest BCUT2D eigenvalue weighted by atomic mass is 32.2. The second-order valence-corrected chi connectivity index (χ2v) is 5.09. The molecular formula is C7H15NO4S. The number of aliphatic hydroxyl groups excluding tert-OH is 1. The van der Waals surface area contributed by atoms with Crippen molar-refractivity contribution < 1.29 is 18.3 Å². The molecule has 2 N–H and O–H groups in total. The molecule has 0 bridgehead atoms. The third-order valence-corrected chi connectivity index (χ3v) is 2.34. The Balaban J connectivity index is 3.76. The van der Waals surface area contributed by atoms with Crippen LogP contribution in [0.5, 0.6) is 0 Å². The van der Waals surface area contributed by atoms with E-state index in [9.17, 15) is 13.2 Å². The summed E-state index contributed by atoms with van der Waals surface area (Å²) in [5, 5.41) is 11.5. The standard InChI is InChI=1S/C7H15NO4S/c1-3-7(10)8-4-6(9)5-13(2,11)12/h6,9H,3-5H2,1-2H3,(H,8,10). The van der Waals surface area contributed by atoms with E-state index in [0.29, 0.717) is 6.42 Å². The Labute approximate surface area is 78.1 Å². The molecular weight excluding hydrogens is 194 g/mol. The fourth-order valence-corrected chi connectivity index (χ4v) is 1.58. The van der Waals surface area contributed by atoms with Gasteiger partial charge in [0.1, 0.15) is 9.84 Å². The minimum Gasteiger partial charge on any atom is -0.390 e. The highest BCUT2D eigenvalue weighted by Gasteiger charge is 2.12. The molecule has 5 nitrogen and oxygen atoms in total. The summed E-state index contributed by atoms with van der Waals surface area (Å²) in [6.45, 7) is 1.66. The minimum atomic E-state index is -3.18. The van der Waals surface area contributed by atoms with Crippen molar-refractivity contribution in [3.63, 3.8) is 0 Å². The maximum atomic E-state index is 10.7. The molecule has 1 unspecified atom stereocenters. The number of hydrogen-bond acceptors (Lipinski definition) is 4. The molecule has 1 atom stereocenters. The lowest BCUT2D eigenvalue weighted by Gasteiger charge is -2.09. The van der Waals surface area contributed by atoms with Crippen molar-refractivity contribution in [3.05, 3.63) is 0 Å². The lowest BCUT2D eigenvalue weighted by Crippen LogP contribution is -2.35. The Hall–Kier alpha value is -0.620. The van der Waals surface area contributed by atoms with Crippen LogP contribution in [0.25, 0.3) is 0 Å². The van der Waals surface area contributed by atoms with Gasteiger partial charge in [0.05, 0.1) is 11.9 Å². The summed E-state index contributed by atoms with van der Waals surface area (Å²) < 4.78 is 21.4. The molecule has 0 aromatic heterocycles. The summed E-state index contributed by atoms with van der Waals surface area (Å²) in [4.78, 5) is 10.7. The van der Waals surface area contributed by atoms with Crippen molar-refractivity contribution in [2.45, 2.75) is 19.4 Å². The highest BCUT2D eigenvalue weighted by Crippen LogP contribution is 1.89. The molecule has 0 radical (unpaired) electrons. The van der Waals surface area contributed by atoms with Crippen molar-refractivity contribution in [2.24, 2.45) is 0 Å². The third kappa shape index (κ3) is 7.73. The average molecular weight is 209 g/mol. The highest BCUT2D eigenvalue weighted by molar-refractivity contribution is 7.90. The normalized spacial score (nSPS) is 13.8. The Morgan fingerprint density at radius 2 is 2.08 bits per heavy atom. The molecule has 6 heteroatoms. The zero-order valence-electron chi connectivity index (χ0n) is 7.78. The van der Waals surface area contributed by atoms with Crippen molar-refractivity contribution >= 4 is 15.7 Å². The lowest BCUT2D eigenvalue weighted by molar-refractivity contribution is -0.121. The van der Waals surface area contributed by atoms with E-state index in [2.05, 4.69) is 5.32 Å². The monoisotopic (exact) mass is 209 g/mol. The zero-order chi connectivity index (χ0) is 10.5. The Morgan fingerprint density at radius 1 is 1.54 bits per heavy atom. The van der Waals surface area contributed by atoms with Gasteiger partial charge in [-0.3, -0.25) is 4.79 Å². The number of carbonyl (C=O) groups is 1. The van der Waals surface area contributed by atoms with Crippen LogP contribution in [0.3, 0.4) is 0 Å². The molecule has 0 aliphatic carbocycles. The van der Waals surface area contributed by atoms with Gasteiger partial charge >= 0.3 is 0 Å². The smallest absolute Gasteiger partial charge is 0.219 e. The number of hydrogen-bond donors (Lipinski definition) is 2. The maximum Gasteiger partial charge on any atom is 0.219 e. The van der Waals surface area contributed by atoms with Crippen molar-refractivity contribution in [2.75, 3.05) is 18.6 Å². The molecule has 0 aromatic carbocycles. The molecule has 0 spiro atoms. The lowest BCUT2D eigenvalue weighted by atomic mass is 10.4. The van der Waals surface area contributed by atoms with Crippen molar-refractivity contribution in [3.8, 4) is 0 Å². The number of sulfone groups is 1. The summed E-state index contributed by atoms with van der Waals surface area (Å²) in [6, 6.07) is 0. The first-order valence-corrected chi connectivity index (χ1v) is 6.03. The van der Waals surface area contributed by atoms with Crippen LogP contribution in [-0.2, 0) is 14.6 Å². The van der Waals surface area contributed by atoms with Crippen molar-refractivity contribution in [1.82, 2.24) is 5.32 Å². The van der Waals surface area contributed by atoms with Crippen LogP contribution >= 0.6 is 0 Å². The molecule has 0 rings (SSSR count). The first-order valence-electron chi connectivity index (χ1n) is 3.97. The van der Waals surface area contributed by atoms with Crippen LogP contribution in [0, 0.1) is 0 Å². The van der Waals surface area contributed by atoms with Gasteiger partial charge in [-0.15, -0.1) is 0 Å². The first-order chi connectivity index (χ1) is 5.85. The molecule has 0 saturated carbocycles. The van der Waals surface area contributed by atoms with Gasteiger partial charge in [0.15, 0.2) is 0 Å². The van der Waals surface area contributed by atoms with E-state index >= 15 is 0 Å². The molecule has 0 heterocycles. The third-order valence-electron chi connectivity index (χ3n) is 1.35. The van der Waals surface area contributed by atoms with Gasteiger partial charge < -0.3 is 10.4 Å². The molecule has 0 aromatic rings. The number of aliphatic hydroxyl groups is 1. The SMILES string of the molecule is CCC(=O)NCC(O)CS(C)(=O)=O. The number of nitrogens with one attached hydrogen (secondary N) is 1. The van der Waals surface area contributed by atoms with Gasteiger partial charge in [-0.05, 0) is 0 Å². The van der Waals surface area contributed by atoms with E-state index in [1.54, 1.807) is 6.92 Å². The van der Waals surface area contributed by atoms with E-state index in [-0.39, 0.29) is 18.2 Å². The maximum absolute atomic E-state index is 10.7. The summed E-state index contributed by atoms with van der Waals surface area (Å²) >= 11 is 0. The van der Waals surface area contributed by atoms with E-state index in [4.69, 9.17) is 5.11 Å². The van der Waals surface area contributed by atoms with Crippen LogP contribution in [0.4, 0.5) is 0 Å². The largest absolute Gasteiger partial charge is 0.390 e. The van der Waals surface area contributed by atoms with E-state index in [1.807, 2.05) is 0 Å². The molecule has 0 aliphatic heterocycles. The predicted molar refractivity (Wildman–Crippen MR) is 49.0 cm³/mol. The molecule has 0 saturated heterocycles. The minimum absolute atomic E-state index is 0.0141. The Morgan fingerprint density at radius 3 is 2.46 bits per heavy atom. The van der Waals surface area contributed by atoms with Gasteiger partial charge in [0.25, 0.3) is 0 Å². The molecule has 0 aliphatic rings. The molecule has 78 valence electrons. The van der Waals surface area contributed by atoms with Crippen LogP contribution in [0.1, 0.15) is 13.3 Å². The topological polar surface area (TPSA) is 83.5 Å². The fourth-order valence-electron chi connectivity index (χ4n) is 0.765. The average Bonchev–Trinajstić information content (AvgIpc) is 1.97. The summed E-state index contributed by atoms with van der Waals surface area (Å²) in [7, 11) is -3.18. The number of rotatable bonds is 5. The molecule has 13 heavy (non-hydrogen) atoms. The summed E-state index contributed by atoms with van der Waals surface area (Å²) in [6.07, 6.45) is 0.342. The summed E-state index contributed by atoms with van der Waals surface area (Å²) in [5.74, 6) is -0.524. The second kappa shape index (κ2) is 5.18. The van der Waals surface area contributed by atoms with Crippen LogP contribution in [0.15, 0.2) is 0 Å². The van der Waals surface area contributed by atoms with Gasteiger partial charge in [0, 0.05) is 19.2 Å². The fraction of sp³-hybridized carbons (Fsp3) is 0.857. The summed E-state index contributed by atoms with van der Waals surface area (Å²) in [5.41, 5.74) is 0. The van der Waals surface area contributed by atoms with Gasteiger partial charge in [-0.25, -0.2) is 8.42 Å². The first kappa shape index (κ1) is 12.4. The number of amides is 1. The van der Waals surface area contributed by atoms with Gasteiger partial charge in [-0.1, -0.05) is 6.92 Å². The zero-order valence-corrected chi connectivity index (χ0v) is 8.60. The van der Waals surface area contributed by atoms with E-state index < -0.39 is 15.9 Å². The quantitative estimate of drug-likeness (QED) is 0.603.